The van der Waals surface area contributed by atoms with Crippen LogP contribution in [0, 0.1) is 5.92 Å². The fraction of sp³-hybridized carbons (Fsp3) is 0.714. The average Bonchev–Trinajstić information content (AvgIpc) is 2.00. The third kappa shape index (κ3) is 3.34. The fourth-order valence-electron chi connectivity index (χ4n) is 0.758. The minimum absolute atomic E-state index is 0.236. The van der Waals surface area contributed by atoms with Crippen LogP contribution in [0.3, 0.4) is 0 Å². The van der Waals surface area contributed by atoms with Crippen LogP contribution in [-0.2, 0) is 9.59 Å². The van der Waals surface area contributed by atoms with Crippen molar-refractivity contribution in [2.24, 2.45) is 11.7 Å². The van der Waals surface area contributed by atoms with E-state index in [1.165, 1.54) is 7.05 Å². The summed E-state index contributed by atoms with van der Waals surface area (Å²) < 4.78 is 0. The van der Waals surface area contributed by atoms with E-state index in [0.717, 1.165) is 4.90 Å². The second-order valence-electron chi connectivity index (χ2n) is 2.72. The molecule has 0 rings (SSSR count). The van der Waals surface area contributed by atoms with E-state index in [2.05, 4.69) is 0 Å². The van der Waals surface area contributed by atoms with Gasteiger partial charge >= 0.3 is 5.97 Å². The van der Waals surface area contributed by atoms with E-state index in [9.17, 15) is 9.59 Å². The van der Waals surface area contributed by atoms with Gasteiger partial charge in [-0.25, -0.2) is 0 Å². The van der Waals surface area contributed by atoms with Gasteiger partial charge in [0.15, 0.2) is 0 Å². The van der Waals surface area contributed by atoms with E-state index in [4.69, 9.17) is 10.8 Å². The van der Waals surface area contributed by atoms with Crippen LogP contribution in [-0.4, -0.2) is 42.0 Å². The van der Waals surface area contributed by atoms with Gasteiger partial charge in [0.25, 0.3) is 0 Å². The van der Waals surface area contributed by atoms with Crippen LogP contribution in [0.5, 0.6) is 0 Å². The molecule has 0 fully saturated rings. The molecule has 1 amide bonds. The zero-order valence-electron chi connectivity index (χ0n) is 7.28. The van der Waals surface area contributed by atoms with Crippen molar-refractivity contribution in [3.8, 4) is 0 Å². The van der Waals surface area contributed by atoms with Gasteiger partial charge in [0.2, 0.25) is 5.91 Å². The highest BCUT2D eigenvalue weighted by Crippen LogP contribution is 1.97. The monoisotopic (exact) mass is 174 g/mol. The van der Waals surface area contributed by atoms with Gasteiger partial charge in [-0.05, 0) is 0 Å². The molecule has 1 atom stereocenters. The van der Waals surface area contributed by atoms with Crippen LogP contribution in [0.2, 0.25) is 0 Å². The van der Waals surface area contributed by atoms with E-state index >= 15 is 0 Å². The number of carboxylic acids is 1. The molecular weight excluding hydrogens is 160 g/mol. The lowest BCUT2D eigenvalue weighted by Gasteiger charge is -2.17. The second-order valence-corrected chi connectivity index (χ2v) is 2.72. The summed E-state index contributed by atoms with van der Waals surface area (Å²) in [6.45, 7) is 1.63. The van der Waals surface area contributed by atoms with Gasteiger partial charge in [-0.15, -0.1) is 0 Å². The predicted molar refractivity (Wildman–Crippen MR) is 43.5 cm³/mol. The number of nitrogens with zero attached hydrogens (tertiary/aromatic N) is 1. The van der Waals surface area contributed by atoms with E-state index in [1.54, 1.807) is 6.92 Å². The zero-order chi connectivity index (χ0) is 9.72. The number of likely N-dealkylation sites (N-methyl/N-ethyl adjacent to an activating group) is 1. The molecule has 0 aromatic rings. The van der Waals surface area contributed by atoms with Crippen molar-refractivity contribution in [1.82, 2.24) is 4.90 Å². The summed E-state index contributed by atoms with van der Waals surface area (Å²) in [6, 6.07) is 0. The highest BCUT2D eigenvalue weighted by atomic mass is 16.4. The Kier molecular flexibility index (Phi) is 4.28. The Labute approximate surface area is 71.1 Å². The van der Waals surface area contributed by atoms with Crippen molar-refractivity contribution in [2.45, 2.75) is 6.92 Å². The Balaban J connectivity index is 4.01. The molecule has 1 unspecified atom stereocenters. The number of nitrogens with two attached hydrogens (primary N) is 1. The molecule has 12 heavy (non-hydrogen) atoms. The third-order valence-electron chi connectivity index (χ3n) is 1.52. The Morgan fingerprint density at radius 2 is 2.08 bits per heavy atom. The molecule has 0 aromatic carbocycles. The molecule has 3 N–H and O–H groups in total. The number of carboxylic acid groups (broad SMARTS) is 1. The molecule has 0 heterocycles. The molecule has 0 saturated heterocycles. The minimum Gasteiger partial charge on any atom is -0.480 e. The Bertz CT molecular complexity index is 181. The molecule has 0 saturated carbocycles. The maximum atomic E-state index is 11.2. The largest absolute Gasteiger partial charge is 0.480 e. The van der Waals surface area contributed by atoms with Crippen LogP contribution in [0.1, 0.15) is 6.92 Å². The summed E-state index contributed by atoms with van der Waals surface area (Å²) in [5, 5.41) is 8.36. The van der Waals surface area contributed by atoms with Crippen molar-refractivity contribution in [3.63, 3.8) is 0 Å². The van der Waals surface area contributed by atoms with Gasteiger partial charge in [0.1, 0.15) is 6.54 Å². The predicted octanol–water partition coefficient (Wildman–Crippen LogP) is -0.876. The van der Waals surface area contributed by atoms with E-state index in [0.29, 0.717) is 0 Å². The van der Waals surface area contributed by atoms with Crippen LogP contribution in [0.15, 0.2) is 0 Å². The summed E-state index contributed by atoms with van der Waals surface area (Å²) in [4.78, 5) is 22.5. The molecular formula is C7H14N2O3. The van der Waals surface area contributed by atoms with Crippen molar-refractivity contribution < 1.29 is 14.7 Å². The lowest BCUT2D eigenvalue weighted by molar-refractivity contribution is -0.144. The summed E-state index contributed by atoms with van der Waals surface area (Å²) in [5.41, 5.74) is 5.25. The van der Waals surface area contributed by atoms with Crippen LogP contribution in [0.25, 0.3) is 0 Å². The third-order valence-corrected chi connectivity index (χ3v) is 1.52. The normalized spacial score (nSPS) is 12.2. The topological polar surface area (TPSA) is 83.6 Å². The first kappa shape index (κ1) is 10.9. The zero-order valence-corrected chi connectivity index (χ0v) is 7.28. The number of rotatable bonds is 4. The van der Waals surface area contributed by atoms with Gasteiger partial charge in [-0.3, -0.25) is 9.59 Å². The van der Waals surface area contributed by atoms with Gasteiger partial charge in [0, 0.05) is 19.5 Å². The number of carbonyl (C=O) groups excluding carboxylic acids is 1. The standard InChI is InChI=1S/C7H14N2O3/c1-5(3-8)7(12)9(2)4-6(10)11/h5H,3-4,8H2,1-2H3,(H,10,11). The molecule has 0 aromatic heterocycles. The van der Waals surface area contributed by atoms with Crippen molar-refractivity contribution in [1.29, 1.82) is 0 Å². The lowest BCUT2D eigenvalue weighted by Crippen LogP contribution is -2.38. The van der Waals surface area contributed by atoms with E-state index < -0.39 is 5.97 Å². The summed E-state index contributed by atoms with van der Waals surface area (Å²) in [5.74, 6) is -1.57. The number of hydrogen-bond acceptors (Lipinski definition) is 3. The van der Waals surface area contributed by atoms with Gasteiger partial charge in [0.05, 0.1) is 0 Å². The lowest BCUT2D eigenvalue weighted by atomic mass is 10.1. The van der Waals surface area contributed by atoms with Gasteiger partial charge < -0.3 is 15.7 Å². The molecule has 5 nitrogen and oxygen atoms in total. The number of amides is 1. The first-order valence-electron chi connectivity index (χ1n) is 3.65. The second kappa shape index (κ2) is 4.71. The van der Waals surface area contributed by atoms with E-state index in [-0.39, 0.29) is 24.9 Å². The first-order chi connectivity index (χ1) is 5.49. The molecule has 70 valence electrons. The van der Waals surface area contributed by atoms with Crippen molar-refractivity contribution in [3.05, 3.63) is 0 Å². The summed E-state index contributed by atoms with van der Waals surface area (Å²) in [6.07, 6.45) is 0. The smallest absolute Gasteiger partial charge is 0.323 e. The SMILES string of the molecule is CC(CN)C(=O)N(C)CC(=O)O. The fourth-order valence-corrected chi connectivity index (χ4v) is 0.758. The van der Waals surface area contributed by atoms with Gasteiger partial charge in [-0.2, -0.15) is 0 Å². The molecule has 5 heteroatoms. The molecule has 0 bridgehead atoms. The first-order valence-corrected chi connectivity index (χ1v) is 3.65. The van der Waals surface area contributed by atoms with Crippen LogP contribution >= 0.6 is 0 Å². The Morgan fingerprint density at radius 1 is 1.58 bits per heavy atom. The number of aliphatic carboxylic acids is 1. The Morgan fingerprint density at radius 3 is 2.42 bits per heavy atom. The van der Waals surface area contributed by atoms with Crippen molar-refractivity contribution in [2.75, 3.05) is 20.1 Å². The molecule has 0 spiro atoms. The Hall–Kier alpha value is -1.10. The van der Waals surface area contributed by atoms with Crippen molar-refractivity contribution >= 4 is 11.9 Å². The maximum Gasteiger partial charge on any atom is 0.323 e. The number of hydrogen-bond donors (Lipinski definition) is 2. The maximum absolute atomic E-state index is 11.2. The highest BCUT2D eigenvalue weighted by molar-refractivity contribution is 5.82. The molecule has 0 aliphatic rings. The van der Waals surface area contributed by atoms with E-state index in [1.807, 2.05) is 0 Å². The van der Waals surface area contributed by atoms with Gasteiger partial charge in [-0.1, -0.05) is 6.92 Å². The quantitative estimate of drug-likeness (QED) is 0.580. The van der Waals surface area contributed by atoms with Crippen LogP contribution in [0.4, 0.5) is 0 Å². The summed E-state index contributed by atoms with van der Waals surface area (Å²) in [7, 11) is 1.45. The number of carbonyl (C=O) groups is 2. The molecule has 0 aliphatic carbocycles. The molecule has 0 aliphatic heterocycles. The highest BCUT2D eigenvalue weighted by Gasteiger charge is 2.17. The van der Waals surface area contributed by atoms with Crippen LogP contribution < -0.4 is 5.73 Å². The minimum atomic E-state index is -1.02. The average molecular weight is 174 g/mol. The summed E-state index contributed by atoms with van der Waals surface area (Å²) >= 11 is 0. The molecule has 0 radical (unpaired) electrons.